The fraction of sp³-hybridized carbons (Fsp3) is 0.647. The molecule has 134 valence electrons. The average Bonchev–Trinajstić information content (AvgIpc) is 3.30. The first-order chi connectivity index (χ1) is 11.2. The number of guanidine groups is 1. The van der Waals surface area contributed by atoms with Crippen LogP contribution in [0, 0.1) is 5.41 Å². The molecule has 0 radical (unpaired) electrons. The Kier molecular flexibility index (Phi) is 6.94. The van der Waals surface area contributed by atoms with Crippen LogP contribution in [0.4, 0.5) is 0 Å². The van der Waals surface area contributed by atoms with E-state index in [0.717, 1.165) is 19.0 Å². The Balaban J connectivity index is 0.00000208. The summed E-state index contributed by atoms with van der Waals surface area (Å²) in [4.78, 5) is 18.5. The molecule has 1 spiro atoms. The summed E-state index contributed by atoms with van der Waals surface area (Å²) in [5.74, 6) is 1.11. The molecule has 2 N–H and O–H groups in total. The molecule has 1 aliphatic carbocycles. The topological polar surface area (TPSA) is 69.9 Å². The van der Waals surface area contributed by atoms with Gasteiger partial charge in [0.2, 0.25) is 0 Å². The molecule has 0 bridgehead atoms. The third-order valence-electron chi connectivity index (χ3n) is 5.05. The minimum atomic E-state index is -0.183. The number of hydrogen-bond acceptors (Lipinski definition) is 3. The van der Waals surface area contributed by atoms with Crippen molar-refractivity contribution in [3.8, 4) is 0 Å². The van der Waals surface area contributed by atoms with Crippen LogP contribution in [0.1, 0.15) is 42.7 Å². The molecule has 1 aromatic rings. The van der Waals surface area contributed by atoms with Gasteiger partial charge >= 0.3 is 0 Å². The predicted octanol–water partition coefficient (Wildman–Crippen LogP) is 2.47. The Morgan fingerprint density at radius 2 is 2.04 bits per heavy atom. The molecule has 1 amide bonds. The number of aliphatic imine (C=N–C) groups is 1. The number of carbonyl (C=O) groups excluding carboxylic acids is 1. The first-order valence-electron chi connectivity index (χ1n) is 8.50. The van der Waals surface area contributed by atoms with Crippen LogP contribution in [-0.2, 0) is 0 Å². The number of furan rings is 1. The molecule has 1 saturated carbocycles. The van der Waals surface area contributed by atoms with Crippen molar-refractivity contribution in [3.63, 3.8) is 0 Å². The van der Waals surface area contributed by atoms with Crippen LogP contribution < -0.4 is 10.6 Å². The quantitative estimate of drug-likeness (QED) is 0.323. The lowest BCUT2D eigenvalue weighted by Gasteiger charge is -2.25. The molecule has 0 aromatic carbocycles. The summed E-state index contributed by atoms with van der Waals surface area (Å²) in [5.41, 5.74) is 0.533. The molecule has 2 aliphatic rings. The predicted molar refractivity (Wildman–Crippen MR) is 105 cm³/mol. The van der Waals surface area contributed by atoms with Gasteiger partial charge in [0.25, 0.3) is 5.91 Å². The highest BCUT2D eigenvalue weighted by atomic mass is 127. The second kappa shape index (κ2) is 8.73. The third kappa shape index (κ3) is 4.43. The molecule has 7 heteroatoms. The zero-order valence-corrected chi connectivity index (χ0v) is 16.5. The van der Waals surface area contributed by atoms with Crippen molar-refractivity contribution in [1.82, 2.24) is 15.5 Å². The Hall–Kier alpha value is -1.25. The molecular weight excluding hydrogens is 419 g/mol. The number of carbonyl (C=O) groups is 1. The van der Waals surface area contributed by atoms with E-state index in [1.54, 1.807) is 12.1 Å². The first kappa shape index (κ1) is 19.1. The number of likely N-dealkylation sites (tertiary alicyclic amines) is 1. The molecule has 1 aliphatic heterocycles. The van der Waals surface area contributed by atoms with Crippen molar-refractivity contribution in [2.24, 2.45) is 10.4 Å². The monoisotopic (exact) mass is 446 g/mol. The molecule has 2 fully saturated rings. The van der Waals surface area contributed by atoms with Gasteiger partial charge in [0.1, 0.15) is 0 Å². The van der Waals surface area contributed by atoms with Crippen molar-refractivity contribution in [2.75, 3.05) is 33.2 Å². The van der Waals surface area contributed by atoms with E-state index < -0.39 is 0 Å². The lowest BCUT2D eigenvalue weighted by atomic mass is 9.86. The highest BCUT2D eigenvalue weighted by Gasteiger charge is 2.40. The normalized spacial score (nSPS) is 19.4. The number of nitrogens with one attached hydrogen (secondary N) is 2. The van der Waals surface area contributed by atoms with E-state index in [4.69, 9.17) is 4.42 Å². The third-order valence-corrected chi connectivity index (χ3v) is 5.05. The molecule has 24 heavy (non-hydrogen) atoms. The zero-order chi connectivity index (χ0) is 16.1. The maximum absolute atomic E-state index is 11.8. The van der Waals surface area contributed by atoms with Crippen LogP contribution >= 0.6 is 24.0 Å². The van der Waals surface area contributed by atoms with E-state index in [1.807, 2.05) is 7.05 Å². The van der Waals surface area contributed by atoms with E-state index in [9.17, 15) is 4.79 Å². The Labute approximate surface area is 160 Å². The summed E-state index contributed by atoms with van der Waals surface area (Å²) in [6.45, 7) is 3.39. The molecule has 1 saturated heterocycles. The van der Waals surface area contributed by atoms with Gasteiger partial charge in [-0.25, -0.2) is 0 Å². The largest absolute Gasteiger partial charge is 0.459 e. The van der Waals surface area contributed by atoms with E-state index in [-0.39, 0.29) is 29.9 Å². The molecule has 0 atom stereocenters. The fourth-order valence-electron chi connectivity index (χ4n) is 3.83. The summed E-state index contributed by atoms with van der Waals surface area (Å²) in [6, 6.07) is 3.37. The molecular formula is C17H27IN4O2. The summed E-state index contributed by atoms with van der Waals surface area (Å²) < 4.78 is 5.06. The summed E-state index contributed by atoms with van der Waals surface area (Å²) >= 11 is 0. The van der Waals surface area contributed by atoms with Gasteiger partial charge in [-0.05, 0) is 36.8 Å². The van der Waals surface area contributed by atoms with Crippen LogP contribution in [0.3, 0.4) is 0 Å². The van der Waals surface area contributed by atoms with Gasteiger partial charge in [-0.1, -0.05) is 12.8 Å². The maximum Gasteiger partial charge on any atom is 0.287 e. The number of nitrogens with zero attached hydrogens (tertiary/aromatic N) is 2. The first-order valence-corrected chi connectivity index (χ1v) is 8.50. The second-order valence-electron chi connectivity index (χ2n) is 6.59. The van der Waals surface area contributed by atoms with Crippen LogP contribution in [0.2, 0.25) is 0 Å². The minimum absolute atomic E-state index is 0. The lowest BCUT2D eigenvalue weighted by Crippen LogP contribution is -2.43. The van der Waals surface area contributed by atoms with Crippen molar-refractivity contribution >= 4 is 35.8 Å². The number of halogens is 1. The SMILES string of the molecule is CN=C(NCCNC(=O)c1ccco1)N1CCC2(CCCC2)C1.I. The van der Waals surface area contributed by atoms with Gasteiger partial charge in [-0.3, -0.25) is 9.79 Å². The van der Waals surface area contributed by atoms with Crippen molar-refractivity contribution in [2.45, 2.75) is 32.1 Å². The van der Waals surface area contributed by atoms with Crippen LogP contribution in [0.25, 0.3) is 0 Å². The number of amides is 1. The van der Waals surface area contributed by atoms with Crippen molar-refractivity contribution < 1.29 is 9.21 Å². The van der Waals surface area contributed by atoms with Gasteiger partial charge in [0, 0.05) is 33.2 Å². The van der Waals surface area contributed by atoms with Gasteiger partial charge in [0.15, 0.2) is 11.7 Å². The van der Waals surface area contributed by atoms with E-state index >= 15 is 0 Å². The highest BCUT2D eigenvalue weighted by molar-refractivity contribution is 14.0. The van der Waals surface area contributed by atoms with Crippen molar-refractivity contribution in [3.05, 3.63) is 24.2 Å². The smallest absolute Gasteiger partial charge is 0.287 e. The Morgan fingerprint density at radius 3 is 2.71 bits per heavy atom. The Morgan fingerprint density at radius 1 is 1.29 bits per heavy atom. The van der Waals surface area contributed by atoms with Gasteiger partial charge in [-0.2, -0.15) is 0 Å². The summed E-state index contributed by atoms with van der Waals surface area (Å²) in [5, 5.41) is 6.18. The van der Waals surface area contributed by atoms with Gasteiger partial charge in [0.05, 0.1) is 6.26 Å². The second-order valence-corrected chi connectivity index (χ2v) is 6.59. The standard InChI is InChI=1S/C17H26N4O2.HI/c1-18-16(21-11-8-17(13-21)6-2-3-7-17)20-10-9-19-15(22)14-5-4-12-23-14;/h4-5,12H,2-3,6-11,13H2,1H3,(H,18,20)(H,19,22);1H. The lowest BCUT2D eigenvalue weighted by molar-refractivity contribution is 0.0926. The fourth-order valence-corrected chi connectivity index (χ4v) is 3.83. The number of rotatable bonds is 4. The Bertz CT molecular complexity index is 553. The van der Waals surface area contributed by atoms with E-state index in [0.29, 0.717) is 24.3 Å². The van der Waals surface area contributed by atoms with Crippen LogP contribution in [0.15, 0.2) is 27.8 Å². The zero-order valence-electron chi connectivity index (χ0n) is 14.2. The highest BCUT2D eigenvalue weighted by Crippen LogP contribution is 2.45. The van der Waals surface area contributed by atoms with Crippen LogP contribution in [0.5, 0.6) is 0 Å². The minimum Gasteiger partial charge on any atom is -0.459 e. The van der Waals surface area contributed by atoms with Crippen LogP contribution in [-0.4, -0.2) is 50.0 Å². The molecule has 2 heterocycles. The molecule has 1 aromatic heterocycles. The van der Waals surface area contributed by atoms with Gasteiger partial charge in [-0.15, -0.1) is 24.0 Å². The van der Waals surface area contributed by atoms with Crippen molar-refractivity contribution in [1.29, 1.82) is 0 Å². The summed E-state index contributed by atoms with van der Waals surface area (Å²) in [6.07, 6.45) is 8.25. The van der Waals surface area contributed by atoms with E-state index in [2.05, 4.69) is 20.5 Å². The molecule has 0 unspecified atom stereocenters. The van der Waals surface area contributed by atoms with E-state index in [1.165, 1.54) is 38.4 Å². The average molecular weight is 446 g/mol. The summed E-state index contributed by atoms with van der Waals surface area (Å²) in [7, 11) is 1.82. The molecule has 3 rings (SSSR count). The maximum atomic E-state index is 11.8. The molecule has 6 nitrogen and oxygen atoms in total. The number of hydrogen-bond donors (Lipinski definition) is 2. The van der Waals surface area contributed by atoms with Gasteiger partial charge < -0.3 is 20.0 Å².